The van der Waals surface area contributed by atoms with E-state index in [0.717, 1.165) is 6.07 Å². The number of hydrogen-bond acceptors (Lipinski definition) is 10. The summed E-state index contributed by atoms with van der Waals surface area (Å²) in [4.78, 5) is 6.92. The largest absolute Gasteiger partial charge is 0.384 e. The first-order valence-electron chi connectivity index (χ1n) is 9.15. The molecule has 14 heteroatoms. The van der Waals surface area contributed by atoms with Gasteiger partial charge in [0, 0.05) is 24.3 Å². The third kappa shape index (κ3) is 4.77. The molecule has 12 nitrogen and oxygen atoms in total. The number of aromatic nitrogens is 1. The Morgan fingerprint density at radius 3 is 2.42 bits per heavy atom. The minimum Gasteiger partial charge on any atom is -0.384 e. The third-order valence-corrected chi connectivity index (χ3v) is 7.25. The molecule has 0 aliphatic carbocycles. The fourth-order valence-electron chi connectivity index (χ4n) is 3.02. The lowest BCUT2D eigenvalue weighted by Gasteiger charge is -2.19. The van der Waals surface area contributed by atoms with Crippen molar-refractivity contribution in [3.05, 3.63) is 36.0 Å². The summed E-state index contributed by atoms with van der Waals surface area (Å²) in [6.45, 7) is 1.75. The van der Waals surface area contributed by atoms with Gasteiger partial charge in [-0.05, 0) is 30.2 Å². The van der Waals surface area contributed by atoms with Gasteiger partial charge in [0.2, 0.25) is 20.0 Å². The van der Waals surface area contributed by atoms with Crippen LogP contribution in [0.15, 0.2) is 55.5 Å². The highest BCUT2D eigenvalue weighted by atomic mass is 32.2. The number of nitrogen functional groups attached to an aromatic ring is 1. The van der Waals surface area contributed by atoms with E-state index in [1.165, 1.54) is 18.3 Å². The Morgan fingerprint density at radius 2 is 1.90 bits per heavy atom. The Hall–Kier alpha value is -2.78. The first kappa shape index (κ1) is 22.9. The monoisotopic (exact) mass is 466 g/mol. The Labute approximate surface area is 179 Å². The summed E-state index contributed by atoms with van der Waals surface area (Å²) in [5, 5.41) is 13.1. The number of nitrogens with zero attached hydrogens (tertiary/aromatic N) is 4. The number of azo groups is 1. The number of benzene rings is 1. The third-order valence-electron chi connectivity index (χ3n) is 4.56. The lowest BCUT2D eigenvalue weighted by molar-refractivity contribution is 0.539. The van der Waals surface area contributed by atoms with E-state index in [2.05, 4.69) is 24.9 Å². The van der Waals surface area contributed by atoms with Gasteiger partial charge in [-0.1, -0.05) is 13.0 Å². The van der Waals surface area contributed by atoms with Crippen LogP contribution >= 0.6 is 0 Å². The van der Waals surface area contributed by atoms with Gasteiger partial charge in [0.1, 0.15) is 15.6 Å². The van der Waals surface area contributed by atoms with Crippen molar-refractivity contribution >= 4 is 31.7 Å². The summed E-state index contributed by atoms with van der Waals surface area (Å²) in [6.07, 6.45) is 1.82. The minimum absolute atomic E-state index is 0.0286. The predicted molar refractivity (Wildman–Crippen MR) is 115 cm³/mol. The topological polar surface area (TPSA) is 208 Å². The number of pyridine rings is 1. The van der Waals surface area contributed by atoms with Crippen molar-refractivity contribution in [2.75, 3.05) is 18.9 Å². The average molecular weight is 467 g/mol. The van der Waals surface area contributed by atoms with Gasteiger partial charge in [0.25, 0.3) is 0 Å². The summed E-state index contributed by atoms with van der Waals surface area (Å²) in [5.41, 5.74) is 11.9. The number of aliphatic imine (C=N–C) groups is 1. The van der Waals surface area contributed by atoms with Crippen LogP contribution in [0.3, 0.4) is 0 Å². The van der Waals surface area contributed by atoms with Crippen LogP contribution in [0.2, 0.25) is 0 Å². The van der Waals surface area contributed by atoms with Crippen LogP contribution in [0.1, 0.15) is 18.9 Å². The second-order valence-corrected chi connectivity index (χ2v) is 9.84. The van der Waals surface area contributed by atoms with E-state index in [0.29, 0.717) is 17.5 Å². The molecule has 3 rings (SSSR count). The van der Waals surface area contributed by atoms with Gasteiger partial charge in [-0.2, -0.15) is 5.11 Å². The van der Waals surface area contributed by atoms with Crippen LogP contribution in [0.4, 0.5) is 5.82 Å². The van der Waals surface area contributed by atoms with E-state index < -0.39 is 35.9 Å². The predicted octanol–water partition coefficient (Wildman–Crippen LogP) is 0.164. The molecule has 1 aliphatic rings. The summed E-state index contributed by atoms with van der Waals surface area (Å²) in [6, 6.07) is 5.13. The summed E-state index contributed by atoms with van der Waals surface area (Å²) in [7, 11) is -8.86. The van der Waals surface area contributed by atoms with Crippen molar-refractivity contribution in [1.29, 1.82) is 0 Å². The van der Waals surface area contributed by atoms with Crippen LogP contribution in [0, 0.1) is 0 Å². The fraction of sp³-hybridized carbons (Fsp3) is 0.294. The normalized spacial score (nSPS) is 15.1. The zero-order valence-electron chi connectivity index (χ0n) is 16.6. The molecule has 0 spiro atoms. The number of anilines is 1. The standard InChI is InChI=1S/C17H22N8O4S2/c1-2-11(7-18)25-31(28,29)13-5-4-12(10-3-6-14(19)21-8-10)15(16(13)30(20,26)27)17-22-9-23-24-17/h3-6,8,11,25H,2,7,9,18H2,1H3,(H2,19,21)(H2,20,26,27). The first-order chi connectivity index (χ1) is 14.6. The van der Waals surface area contributed by atoms with E-state index in [9.17, 15) is 16.8 Å². The van der Waals surface area contributed by atoms with Crippen LogP contribution in [0.25, 0.3) is 11.1 Å². The molecule has 2 aromatic rings. The van der Waals surface area contributed by atoms with E-state index >= 15 is 0 Å². The molecule has 1 aromatic heterocycles. The highest BCUT2D eigenvalue weighted by Gasteiger charge is 2.33. The van der Waals surface area contributed by atoms with E-state index in [-0.39, 0.29) is 30.4 Å². The van der Waals surface area contributed by atoms with Crippen LogP contribution in [-0.4, -0.2) is 46.9 Å². The second kappa shape index (κ2) is 8.76. The van der Waals surface area contributed by atoms with E-state index in [4.69, 9.17) is 16.6 Å². The van der Waals surface area contributed by atoms with Gasteiger partial charge in [0.15, 0.2) is 12.5 Å². The molecule has 1 aromatic carbocycles. The summed E-state index contributed by atoms with van der Waals surface area (Å²) in [5.74, 6) is 0.199. The first-order valence-corrected chi connectivity index (χ1v) is 12.2. The molecule has 31 heavy (non-hydrogen) atoms. The Kier molecular flexibility index (Phi) is 6.47. The highest BCUT2D eigenvalue weighted by molar-refractivity contribution is 7.92. The molecule has 0 amide bonds. The summed E-state index contributed by atoms with van der Waals surface area (Å²) >= 11 is 0. The van der Waals surface area contributed by atoms with Gasteiger partial charge in [0.05, 0.1) is 5.56 Å². The fourth-order valence-corrected chi connectivity index (χ4v) is 5.96. The van der Waals surface area contributed by atoms with Gasteiger partial charge in [-0.3, -0.25) is 0 Å². The van der Waals surface area contributed by atoms with Gasteiger partial charge in [-0.15, -0.1) is 5.11 Å². The maximum atomic E-state index is 13.1. The van der Waals surface area contributed by atoms with Gasteiger partial charge >= 0.3 is 0 Å². The Balaban J connectivity index is 2.36. The van der Waals surface area contributed by atoms with Gasteiger partial charge < -0.3 is 11.5 Å². The maximum absolute atomic E-state index is 13.1. The minimum atomic E-state index is -4.55. The molecule has 1 atom stereocenters. The molecule has 1 unspecified atom stereocenters. The number of rotatable bonds is 8. The molecule has 2 heterocycles. The zero-order chi connectivity index (χ0) is 22.8. The van der Waals surface area contributed by atoms with Crippen molar-refractivity contribution in [1.82, 2.24) is 9.71 Å². The molecule has 7 N–H and O–H groups in total. The maximum Gasteiger partial charge on any atom is 0.242 e. The number of hydrogen-bond donors (Lipinski definition) is 4. The molecule has 0 fully saturated rings. The van der Waals surface area contributed by atoms with Crippen molar-refractivity contribution in [3.8, 4) is 11.1 Å². The molecular weight excluding hydrogens is 444 g/mol. The SMILES string of the molecule is CCC(CN)NS(=O)(=O)c1ccc(-c2ccc(N)nc2)c(C2=NCN=N2)c1S(N)(=O)=O. The zero-order valence-corrected chi connectivity index (χ0v) is 18.2. The van der Waals surface area contributed by atoms with Crippen molar-refractivity contribution in [3.63, 3.8) is 0 Å². The molecule has 1 aliphatic heterocycles. The molecule has 166 valence electrons. The number of amidine groups is 1. The highest BCUT2D eigenvalue weighted by Crippen LogP contribution is 2.35. The van der Waals surface area contributed by atoms with Crippen LogP contribution in [0.5, 0.6) is 0 Å². The average Bonchev–Trinajstić information content (AvgIpc) is 3.25. The lowest BCUT2D eigenvalue weighted by atomic mass is 10.00. The molecule has 0 radical (unpaired) electrons. The number of sulfonamides is 2. The number of nitrogens with one attached hydrogen (secondary N) is 1. The van der Waals surface area contributed by atoms with Crippen molar-refractivity contribution in [2.24, 2.45) is 26.1 Å². The summed E-state index contributed by atoms with van der Waals surface area (Å²) < 4.78 is 53.8. The van der Waals surface area contributed by atoms with Gasteiger partial charge in [-0.25, -0.2) is 36.7 Å². The smallest absolute Gasteiger partial charge is 0.242 e. The Morgan fingerprint density at radius 1 is 1.16 bits per heavy atom. The molecular formula is C17H22N8O4S2. The molecule has 0 bridgehead atoms. The van der Waals surface area contributed by atoms with Crippen molar-refractivity contribution < 1.29 is 16.8 Å². The molecule has 0 saturated heterocycles. The number of primary sulfonamides is 1. The number of nitrogens with two attached hydrogens (primary N) is 3. The quantitative estimate of drug-likeness (QED) is 0.423. The van der Waals surface area contributed by atoms with E-state index in [1.54, 1.807) is 13.0 Å². The second-order valence-electron chi connectivity index (χ2n) is 6.66. The van der Waals surface area contributed by atoms with Crippen molar-refractivity contribution in [2.45, 2.75) is 29.2 Å². The van der Waals surface area contributed by atoms with Crippen LogP contribution < -0.4 is 21.3 Å². The lowest BCUT2D eigenvalue weighted by Crippen LogP contribution is -2.40. The van der Waals surface area contributed by atoms with Crippen LogP contribution in [-0.2, 0) is 20.0 Å². The Bertz CT molecular complexity index is 1250. The van der Waals surface area contributed by atoms with E-state index in [1.807, 2.05) is 0 Å². The molecule has 0 saturated carbocycles.